The number of benzene rings is 1. The number of hydrogen-bond acceptors (Lipinski definition) is 2. The number of aromatic nitrogens is 2. The second kappa shape index (κ2) is 4.28. The standard InChI is InChI=1S/C12H15N3/c1-15-9-11(8-14-15)12(13)7-10-5-3-2-4-6-10/h2-6,8-9,12H,7,13H2,1H3. The normalized spacial score (nSPS) is 12.7. The molecule has 1 heterocycles. The van der Waals surface area contributed by atoms with Crippen LogP contribution in [0, 0.1) is 0 Å². The summed E-state index contributed by atoms with van der Waals surface area (Å²) in [4.78, 5) is 0. The molecule has 2 rings (SSSR count). The molecule has 78 valence electrons. The summed E-state index contributed by atoms with van der Waals surface area (Å²) in [5.41, 5.74) is 8.43. The highest BCUT2D eigenvalue weighted by molar-refractivity contribution is 5.19. The van der Waals surface area contributed by atoms with Crippen LogP contribution < -0.4 is 5.73 Å². The van der Waals surface area contributed by atoms with Crippen LogP contribution >= 0.6 is 0 Å². The summed E-state index contributed by atoms with van der Waals surface area (Å²) in [5, 5.41) is 4.12. The van der Waals surface area contributed by atoms with Gasteiger partial charge in [0, 0.05) is 24.8 Å². The van der Waals surface area contributed by atoms with Crippen molar-refractivity contribution in [1.82, 2.24) is 9.78 Å². The largest absolute Gasteiger partial charge is 0.324 e. The number of aryl methyl sites for hydroxylation is 1. The minimum absolute atomic E-state index is 0.0288. The smallest absolute Gasteiger partial charge is 0.0537 e. The fraction of sp³-hybridized carbons (Fsp3) is 0.250. The van der Waals surface area contributed by atoms with Gasteiger partial charge in [0.1, 0.15) is 0 Å². The lowest BCUT2D eigenvalue weighted by molar-refractivity contribution is 0.717. The molecule has 0 aliphatic rings. The fourth-order valence-corrected chi connectivity index (χ4v) is 1.62. The van der Waals surface area contributed by atoms with Crippen molar-refractivity contribution in [3.05, 3.63) is 53.9 Å². The van der Waals surface area contributed by atoms with Crippen molar-refractivity contribution in [2.24, 2.45) is 12.8 Å². The molecule has 0 saturated carbocycles. The molecular formula is C12H15N3. The fourth-order valence-electron chi connectivity index (χ4n) is 1.62. The molecule has 0 saturated heterocycles. The Morgan fingerprint density at radius 2 is 2.07 bits per heavy atom. The minimum atomic E-state index is 0.0288. The zero-order valence-electron chi connectivity index (χ0n) is 8.80. The van der Waals surface area contributed by atoms with E-state index >= 15 is 0 Å². The van der Waals surface area contributed by atoms with Crippen molar-refractivity contribution in [3.63, 3.8) is 0 Å². The molecule has 0 aliphatic carbocycles. The molecule has 0 amide bonds. The summed E-state index contributed by atoms with van der Waals surface area (Å²) in [6.45, 7) is 0. The van der Waals surface area contributed by atoms with Gasteiger partial charge in [-0.25, -0.2) is 0 Å². The Morgan fingerprint density at radius 3 is 2.67 bits per heavy atom. The zero-order valence-corrected chi connectivity index (χ0v) is 8.80. The summed E-state index contributed by atoms with van der Waals surface area (Å²) in [6, 6.07) is 10.3. The number of hydrogen-bond donors (Lipinski definition) is 1. The van der Waals surface area contributed by atoms with Crippen LogP contribution in [0.2, 0.25) is 0 Å². The van der Waals surface area contributed by atoms with Crippen LogP contribution in [0.25, 0.3) is 0 Å². The Bertz CT molecular complexity index is 419. The Kier molecular flexibility index (Phi) is 2.83. The quantitative estimate of drug-likeness (QED) is 0.820. The number of rotatable bonds is 3. The van der Waals surface area contributed by atoms with Gasteiger partial charge in [-0.3, -0.25) is 4.68 Å². The Balaban J connectivity index is 2.07. The molecular weight excluding hydrogens is 186 g/mol. The van der Waals surface area contributed by atoms with E-state index in [0.717, 1.165) is 12.0 Å². The third kappa shape index (κ3) is 2.44. The van der Waals surface area contributed by atoms with E-state index in [2.05, 4.69) is 17.2 Å². The second-order valence-corrected chi connectivity index (χ2v) is 3.74. The molecule has 1 atom stereocenters. The maximum absolute atomic E-state index is 6.09. The van der Waals surface area contributed by atoms with E-state index in [1.165, 1.54) is 5.56 Å². The molecule has 0 aliphatic heterocycles. The van der Waals surface area contributed by atoms with Gasteiger partial charge in [0.2, 0.25) is 0 Å². The number of nitrogens with zero attached hydrogens (tertiary/aromatic N) is 2. The second-order valence-electron chi connectivity index (χ2n) is 3.74. The van der Waals surface area contributed by atoms with Gasteiger partial charge in [-0.05, 0) is 12.0 Å². The molecule has 2 aromatic rings. The van der Waals surface area contributed by atoms with Gasteiger partial charge < -0.3 is 5.73 Å². The van der Waals surface area contributed by atoms with Crippen molar-refractivity contribution in [2.45, 2.75) is 12.5 Å². The molecule has 0 radical (unpaired) electrons. The van der Waals surface area contributed by atoms with E-state index in [1.807, 2.05) is 37.6 Å². The van der Waals surface area contributed by atoms with Crippen molar-refractivity contribution in [2.75, 3.05) is 0 Å². The van der Waals surface area contributed by atoms with Crippen molar-refractivity contribution < 1.29 is 0 Å². The minimum Gasteiger partial charge on any atom is -0.324 e. The third-order valence-electron chi connectivity index (χ3n) is 2.45. The first-order valence-corrected chi connectivity index (χ1v) is 5.04. The molecule has 1 aromatic heterocycles. The SMILES string of the molecule is Cn1cc(C(N)Cc2ccccc2)cn1. The van der Waals surface area contributed by atoms with Gasteiger partial charge in [-0.1, -0.05) is 30.3 Å². The van der Waals surface area contributed by atoms with E-state index in [1.54, 1.807) is 4.68 Å². The molecule has 0 bridgehead atoms. The van der Waals surface area contributed by atoms with Crippen LogP contribution in [-0.4, -0.2) is 9.78 Å². The lowest BCUT2D eigenvalue weighted by Gasteiger charge is -2.08. The molecule has 15 heavy (non-hydrogen) atoms. The summed E-state index contributed by atoms with van der Waals surface area (Å²) < 4.78 is 1.78. The Labute approximate surface area is 89.5 Å². The van der Waals surface area contributed by atoms with Crippen LogP contribution in [-0.2, 0) is 13.5 Å². The summed E-state index contributed by atoms with van der Waals surface area (Å²) >= 11 is 0. The highest BCUT2D eigenvalue weighted by Crippen LogP contribution is 2.14. The van der Waals surface area contributed by atoms with Crippen LogP contribution in [0.15, 0.2) is 42.7 Å². The summed E-state index contributed by atoms with van der Waals surface area (Å²) in [6.07, 6.45) is 4.65. The molecule has 3 heteroatoms. The van der Waals surface area contributed by atoms with E-state index < -0.39 is 0 Å². The molecule has 0 fully saturated rings. The molecule has 1 aromatic carbocycles. The number of nitrogens with two attached hydrogens (primary N) is 1. The van der Waals surface area contributed by atoms with Gasteiger partial charge >= 0.3 is 0 Å². The van der Waals surface area contributed by atoms with Crippen molar-refractivity contribution in [3.8, 4) is 0 Å². The Morgan fingerprint density at radius 1 is 1.33 bits per heavy atom. The predicted octanol–water partition coefficient (Wildman–Crippen LogP) is 1.66. The van der Waals surface area contributed by atoms with E-state index in [9.17, 15) is 0 Å². The molecule has 1 unspecified atom stereocenters. The van der Waals surface area contributed by atoms with Gasteiger partial charge in [0.05, 0.1) is 6.20 Å². The predicted molar refractivity (Wildman–Crippen MR) is 60.3 cm³/mol. The van der Waals surface area contributed by atoms with E-state index in [4.69, 9.17) is 5.73 Å². The average molecular weight is 201 g/mol. The van der Waals surface area contributed by atoms with Crippen LogP contribution in [0.5, 0.6) is 0 Å². The van der Waals surface area contributed by atoms with Crippen molar-refractivity contribution in [1.29, 1.82) is 0 Å². The maximum Gasteiger partial charge on any atom is 0.0537 e. The zero-order chi connectivity index (χ0) is 10.7. The van der Waals surface area contributed by atoms with Gasteiger partial charge in [-0.2, -0.15) is 5.10 Å². The summed E-state index contributed by atoms with van der Waals surface area (Å²) in [7, 11) is 1.90. The third-order valence-corrected chi connectivity index (χ3v) is 2.45. The topological polar surface area (TPSA) is 43.8 Å². The molecule has 3 nitrogen and oxygen atoms in total. The lowest BCUT2D eigenvalue weighted by Crippen LogP contribution is -2.12. The lowest BCUT2D eigenvalue weighted by atomic mass is 10.0. The van der Waals surface area contributed by atoms with Crippen LogP contribution in [0.1, 0.15) is 17.2 Å². The average Bonchev–Trinajstić information content (AvgIpc) is 2.66. The van der Waals surface area contributed by atoms with Gasteiger partial charge in [0.15, 0.2) is 0 Å². The van der Waals surface area contributed by atoms with Gasteiger partial charge in [0.25, 0.3) is 0 Å². The summed E-state index contributed by atoms with van der Waals surface area (Å²) in [5.74, 6) is 0. The highest BCUT2D eigenvalue weighted by Gasteiger charge is 2.08. The highest BCUT2D eigenvalue weighted by atomic mass is 15.2. The first-order chi connectivity index (χ1) is 7.25. The Hall–Kier alpha value is -1.61. The van der Waals surface area contributed by atoms with E-state index in [0.29, 0.717) is 0 Å². The first-order valence-electron chi connectivity index (χ1n) is 5.04. The maximum atomic E-state index is 6.09. The monoisotopic (exact) mass is 201 g/mol. The molecule has 0 spiro atoms. The van der Waals surface area contributed by atoms with Crippen molar-refractivity contribution >= 4 is 0 Å². The first kappa shape index (κ1) is 9.93. The van der Waals surface area contributed by atoms with Gasteiger partial charge in [-0.15, -0.1) is 0 Å². The molecule has 2 N–H and O–H groups in total. The van der Waals surface area contributed by atoms with E-state index in [-0.39, 0.29) is 6.04 Å². The van der Waals surface area contributed by atoms with Crippen LogP contribution in [0.4, 0.5) is 0 Å². The van der Waals surface area contributed by atoms with Crippen LogP contribution in [0.3, 0.4) is 0 Å².